The molecule has 0 fully saturated rings. The third-order valence-electron chi connectivity index (χ3n) is 1.64. The van der Waals surface area contributed by atoms with Gasteiger partial charge in [-0.3, -0.25) is 0 Å². The quantitative estimate of drug-likeness (QED) is 0.440. The summed E-state index contributed by atoms with van der Waals surface area (Å²) in [5.41, 5.74) is 0.568. The molecule has 6 heteroatoms. The van der Waals surface area contributed by atoms with Crippen LogP contribution in [0.4, 0.5) is 0 Å². The van der Waals surface area contributed by atoms with Crippen LogP contribution in [0.1, 0.15) is 0 Å². The largest absolute Gasteiger partial charge is 0.230 e. The van der Waals surface area contributed by atoms with E-state index in [0.29, 0.717) is 15.8 Å². The lowest BCUT2D eigenvalue weighted by Crippen LogP contribution is -1.90. The molecule has 2 heterocycles. The average molecular weight is 246 g/mol. The molecule has 3 nitrogen and oxygen atoms in total. The number of rotatable bonds is 1. The zero-order chi connectivity index (χ0) is 10.1. The number of aromatic nitrogens is 3. The van der Waals surface area contributed by atoms with Crippen LogP contribution in [-0.2, 0) is 0 Å². The van der Waals surface area contributed by atoms with Crippen LogP contribution < -0.4 is 0 Å². The number of thioether (sulfide) groups is 1. The van der Waals surface area contributed by atoms with E-state index in [2.05, 4.69) is 15.0 Å². The molecule has 14 heavy (non-hydrogen) atoms. The van der Waals surface area contributed by atoms with Gasteiger partial charge in [-0.05, 0) is 12.3 Å². The third-order valence-corrected chi connectivity index (χ3v) is 2.87. The van der Waals surface area contributed by atoms with E-state index in [0.717, 1.165) is 5.39 Å². The second-order valence-electron chi connectivity index (χ2n) is 2.53. The van der Waals surface area contributed by atoms with Gasteiger partial charge in [-0.2, -0.15) is 0 Å². The average Bonchev–Trinajstić information content (AvgIpc) is 2.19. The smallest absolute Gasteiger partial charge is 0.189 e. The van der Waals surface area contributed by atoms with Gasteiger partial charge in [0.05, 0.1) is 5.02 Å². The Hall–Kier alpha value is -0.580. The third kappa shape index (κ3) is 1.78. The number of halogens is 2. The molecular weight excluding hydrogens is 241 g/mol. The topological polar surface area (TPSA) is 38.7 Å². The van der Waals surface area contributed by atoms with E-state index in [9.17, 15) is 0 Å². The Morgan fingerprint density at radius 2 is 2.07 bits per heavy atom. The molecule has 0 N–H and O–H groups in total. The summed E-state index contributed by atoms with van der Waals surface area (Å²) >= 11 is 13.0. The number of pyridine rings is 1. The number of hydrogen-bond donors (Lipinski definition) is 0. The molecule has 72 valence electrons. The first kappa shape index (κ1) is 9.96. The summed E-state index contributed by atoms with van der Waals surface area (Å²) in [6.07, 6.45) is 3.59. The van der Waals surface area contributed by atoms with Crippen LogP contribution in [0.25, 0.3) is 11.0 Å². The molecular formula is C8H5Cl2N3S. The van der Waals surface area contributed by atoms with Gasteiger partial charge in [0.15, 0.2) is 10.8 Å². The van der Waals surface area contributed by atoms with Gasteiger partial charge in [-0.25, -0.2) is 15.0 Å². The van der Waals surface area contributed by atoms with Gasteiger partial charge >= 0.3 is 0 Å². The minimum atomic E-state index is 0.268. The SMILES string of the molecule is CSc1ncc2cc(Cl)c(Cl)nc2n1. The Morgan fingerprint density at radius 3 is 2.79 bits per heavy atom. The van der Waals surface area contributed by atoms with Gasteiger partial charge < -0.3 is 0 Å². The van der Waals surface area contributed by atoms with Gasteiger partial charge in [0.1, 0.15) is 5.15 Å². The molecule has 0 amide bonds. The van der Waals surface area contributed by atoms with Crippen LogP contribution >= 0.6 is 35.0 Å². The van der Waals surface area contributed by atoms with Crippen molar-refractivity contribution in [3.05, 3.63) is 22.4 Å². The second kappa shape index (κ2) is 3.88. The zero-order valence-electron chi connectivity index (χ0n) is 7.16. The molecule has 2 rings (SSSR count). The normalized spacial score (nSPS) is 10.8. The lowest BCUT2D eigenvalue weighted by Gasteiger charge is -2.00. The molecule has 0 atom stereocenters. The predicted molar refractivity (Wildman–Crippen MR) is 59.1 cm³/mol. The van der Waals surface area contributed by atoms with Crippen molar-refractivity contribution in [2.24, 2.45) is 0 Å². The molecule has 0 unspecified atom stereocenters. The summed E-state index contributed by atoms with van der Waals surface area (Å²) in [5.74, 6) is 0. The summed E-state index contributed by atoms with van der Waals surface area (Å²) in [6, 6.07) is 1.70. The number of fused-ring (bicyclic) bond motifs is 1. The van der Waals surface area contributed by atoms with Crippen LogP contribution in [0.2, 0.25) is 10.2 Å². The van der Waals surface area contributed by atoms with Gasteiger partial charge in [-0.15, -0.1) is 0 Å². The fraction of sp³-hybridized carbons (Fsp3) is 0.125. The van der Waals surface area contributed by atoms with E-state index < -0.39 is 0 Å². The second-order valence-corrected chi connectivity index (χ2v) is 4.07. The Kier molecular flexibility index (Phi) is 2.76. The highest BCUT2D eigenvalue weighted by Crippen LogP contribution is 2.23. The monoisotopic (exact) mass is 245 g/mol. The van der Waals surface area contributed by atoms with E-state index in [1.165, 1.54) is 11.8 Å². The summed E-state index contributed by atoms with van der Waals surface area (Å²) < 4.78 is 0. The molecule has 0 aromatic carbocycles. The van der Waals surface area contributed by atoms with Crippen LogP contribution in [0.5, 0.6) is 0 Å². The van der Waals surface area contributed by atoms with E-state index >= 15 is 0 Å². The first-order valence-electron chi connectivity index (χ1n) is 3.73. The molecule has 0 saturated carbocycles. The number of nitrogens with zero attached hydrogens (tertiary/aromatic N) is 3. The van der Waals surface area contributed by atoms with Gasteiger partial charge in [0.2, 0.25) is 0 Å². The highest BCUT2D eigenvalue weighted by Gasteiger charge is 2.04. The van der Waals surface area contributed by atoms with Crippen LogP contribution in [0, 0.1) is 0 Å². The summed E-state index contributed by atoms with van der Waals surface area (Å²) in [7, 11) is 0. The van der Waals surface area contributed by atoms with E-state index in [1.807, 2.05) is 6.26 Å². The van der Waals surface area contributed by atoms with Crippen molar-refractivity contribution in [2.75, 3.05) is 6.26 Å². The first-order chi connectivity index (χ1) is 6.70. The maximum Gasteiger partial charge on any atom is 0.189 e. The summed E-state index contributed by atoms with van der Waals surface area (Å²) in [6.45, 7) is 0. The van der Waals surface area contributed by atoms with Crippen molar-refractivity contribution in [1.82, 2.24) is 15.0 Å². The lowest BCUT2D eigenvalue weighted by molar-refractivity contribution is 0.992. The molecule has 0 radical (unpaired) electrons. The van der Waals surface area contributed by atoms with Gasteiger partial charge in [-0.1, -0.05) is 35.0 Å². The highest BCUT2D eigenvalue weighted by molar-refractivity contribution is 7.98. The summed E-state index contributed by atoms with van der Waals surface area (Å²) in [4.78, 5) is 12.4. The van der Waals surface area contributed by atoms with Crippen LogP contribution in [0.3, 0.4) is 0 Å². The van der Waals surface area contributed by atoms with Crippen molar-refractivity contribution >= 4 is 46.0 Å². The summed E-state index contributed by atoms with van der Waals surface area (Å²) in [5, 5.41) is 2.14. The predicted octanol–water partition coefficient (Wildman–Crippen LogP) is 3.05. The fourth-order valence-electron chi connectivity index (χ4n) is 0.999. The van der Waals surface area contributed by atoms with Crippen molar-refractivity contribution in [2.45, 2.75) is 5.16 Å². The molecule has 2 aromatic heterocycles. The molecule has 0 aliphatic rings. The van der Waals surface area contributed by atoms with E-state index in [-0.39, 0.29) is 5.15 Å². The first-order valence-corrected chi connectivity index (χ1v) is 5.71. The molecule has 2 aromatic rings. The Balaban J connectivity index is 2.70. The van der Waals surface area contributed by atoms with Gasteiger partial charge in [0.25, 0.3) is 0 Å². The molecule has 0 bridgehead atoms. The van der Waals surface area contributed by atoms with Crippen LogP contribution in [0.15, 0.2) is 17.4 Å². The number of hydrogen-bond acceptors (Lipinski definition) is 4. The standard InChI is InChI=1S/C8H5Cl2N3S/c1-14-8-11-3-4-2-5(9)6(10)12-7(4)13-8/h2-3H,1H3. The maximum atomic E-state index is 5.81. The molecule has 0 aliphatic heterocycles. The fourth-order valence-corrected chi connectivity index (χ4v) is 1.63. The molecule has 0 aliphatic carbocycles. The van der Waals surface area contributed by atoms with Crippen molar-refractivity contribution in [3.8, 4) is 0 Å². The van der Waals surface area contributed by atoms with Crippen molar-refractivity contribution in [1.29, 1.82) is 0 Å². The Morgan fingerprint density at radius 1 is 1.29 bits per heavy atom. The molecule has 0 saturated heterocycles. The van der Waals surface area contributed by atoms with E-state index in [1.54, 1.807) is 12.3 Å². The zero-order valence-corrected chi connectivity index (χ0v) is 9.49. The van der Waals surface area contributed by atoms with Gasteiger partial charge in [0, 0.05) is 11.6 Å². The van der Waals surface area contributed by atoms with Crippen molar-refractivity contribution < 1.29 is 0 Å². The lowest BCUT2D eigenvalue weighted by atomic mass is 10.3. The minimum absolute atomic E-state index is 0.268. The highest BCUT2D eigenvalue weighted by atomic mass is 35.5. The molecule has 0 spiro atoms. The maximum absolute atomic E-state index is 5.81. The van der Waals surface area contributed by atoms with Crippen LogP contribution in [-0.4, -0.2) is 21.2 Å². The Bertz CT molecular complexity index is 489. The van der Waals surface area contributed by atoms with Crippen molar-refractivity contribution in [3.63, 3.8) is 0 Å². The van der Waals surface area contributed by atoms with E-state index in [4.69, 9.17) is 23.2 Å². The Labute approximate surface area is 94.9 Å². The minimum Gasteiger partial charge on any atom is -0.230 e.